The van der Waals surface area contributed by atoms with E-state index in [-0.39, 0.29) is 5.91 Å². The molecule has 136 valence electrons. The van der Waals surface area contributed by atoms with Gasteiger partial charge in [-0.05, 0) is 30.7 Å². The van der Waals surface area contributed by atoms with Crippen LogP contribution in [0.15, 0.2) is 48.8 Å². The molecule has 0 unspecified atom stereocenters. The van der Waals surface area contributed by atoms with Crippen molar-refractivity contribution in [3.05, 3.63) is 60.2 Å². The smallest absolute Gasteiger partial charge is 0.255 e. The Morgan fingerprint density at radius 1 is 1.12 bits per heavy atom. The molecule has 0 radical (unpaired) electrons. The zero-order chi connectivity index (χ0) is 18.4. The zero-order valence-electron chi connectivity index (χ0n) is 15.6. The number of hydrogen-bond acceptors (Lipinski definition) is 3. The Balaban J connectivity index is 1.80. The first-order valence-electron chi connectivity index (χ1n) is 9.30. The molecule has 5 nitrogen and oxygen atoms in total. The van der Waals surface area contributed by atoms with Gasteiger partial charge in [-0.15, -0.1) is 0 Å². The van der Waals surface area contributed by atoms with E-state index in [1.54, 1.807) is 29.4 Å². The van der Waals surface area contributed by atoms with Gasteiger partial charge in [0.25, 0.3) is 5.91 Å². The fraction of sp³-hybridized carbons (Fsp3) is 0.381. The summed E-state index contributed by atoms with van der Waals surface area (Å²) < 4.78 is 2.26. The molecule has 1 amide bonds. The lowest BCUT2D eigenvalue weighted by atomic mass is 10.2. The van der Waals surface area contributed by atoms with E-state index >= 15 is 0 Å². The number of carbonyl (C=O) groups excluding carboxylic acids is 1. The number of aromatic nitrogens is 3. The highest BCUT2D eigenvalue weighted by atomic mass is 16.2. The average molecular weight is 350 g/mol. The lowest BCUT2D eigenvalue weighted by Gasteiger charge is -2.18. The third kappa shape index (κ3) is 4.10. The second kappa shape index (κ2) is 8.61. The highest BCUT2D eigenvalue weighted by molar-refractivity contribution is 5.93. The molecule has 5 heteroatoms. The number of pyridine rings is 1. The third-order valence-electron chi connectivity index (χ3n) is 4.60. The second-order valence-corrected chi connectivity index (χ2v) is 6.63. The van der Waals surface area contributed by atoms with Gasteiger partial charge in [-0.1, -0.05) is 38.3 Å². The van der Waals surface area contributed by atoms with Crippen LogP contribution in [-0.4, -0.2) is 32.4 Å². The standard InChI is InChI=1S/C21H26N4O/c1-3-4-5-8-14-25-19-12-7-6-11-18(19)23-20(25)16-24(2)21(26)17-10-9-13-22-15-17/h6-7,9-13,15H,3-5,8,14,16H2,1-2H3. The number of nitrogens with zero attached hydrogens (tertiary/aromatic N) is 4. The summed E-state index contributed by atoms with van der Waals surface area (Å²) >= 11 is 0. The van der Waals surface area contributed by atoms with Gasteiger partial charge in [-0.25, -0.2) is 4.98 Å². The van der Waals surface area contributed by atoms with Gasteiger partial charge in [-0.3, -0.25) is 9.78 Å². The Morgan fingerprint density at radius 3 is 2.73 bits per heavy atom. The van der Waals surface area contributed by atoms with E-state index in [9.17, 15) is 4.79 Å². The van der Waals surface area contributed by atoms with Gasteiger partial charge in [0, 0.05) is 26.0 Å². The normalized spacial score (nSPS) is 11.0. The van der Waals surface area contributed by atoms with Crippen molar-refractivity contribution in [3.8, 4) is 0 Å². The van der Waals surface area contributed by atoms with Crippen molar-refractivity contribution in [2.24, 2.45) is 0 Å². The molecular formula is C21H26N4O. The van der Waals surface area contributed by atoms with E-state index < -0.39 is 0 Å². The first kappa shape index (κ1) is 18.1. The topological polar surface area (TPSA) is 51.0 Å². The van der Waals surface area contributed by atoms with E-state index in [2.05, 4.69) is 22.5 Å². The highest BCUT2D eigenvalue weighted by Gasteiger charge is 2.17. The SMILES string of the molecule is CCCCCCn1c(CN(C)C(=O)c2cccnc2)nc2ccccc21. The summed E-state index contributed by atoms with van der Waals surface area (Å²) in [6.45, 7) is 3.64. The molecule has 0 saturated heterocycles. The Kier molecular flexibility index (Phi) is 6.00. The van der Waals surface area contributed by atoms with Crippen LogP contribution in [0.1, 0.15) is 48.8 Å². The molecule has 0 N–H and O–H groups in total. The minimum atomic E-state index is -0.0392. The molecule has 2 aromatic heterocycles. The average Bonchev–Trinajstić information content (AvgIpc) is 3.02. The van der Waals surface area contributed by atoms with Gasteiger partial charge in [0.05, 0.1) is 23.1 Å². The zero-order valence-corrected chi connectivity index (χ0v) is 15.6. The van der Waals surface area contributed by atoms with Crippen molar-refractivity contribution < 1.29 is 4.79 Å². The van der Waals surface area contributed by atoms with Crippen molar-refractivity contribution in [1.82, 2.24) is 19.4 Å². The van der Waals surface area contributed by atoms with Gasteiger partial charge in [0.2, 0.25) is 0 Å². The fourth-order valence-electron chi connectivity index (χ4n) is 3.19. The minimum Gasteiger partial charge on any atom is -0.334 e. The molecule has 3 rings (SSSR count). The third-order valence-corrected chi connectivity index (χ3v) is 4.60. The Hall–Kier alpha value is -2.69. The molecule has 26 heavy (non-hydrogen) atoms. The maximum absolute atomic E-state index is 12.6. The van der Waals surface area contributed by atoms with Crippen LogP contribution in [0, 0.1) is 0 Å². The molecule has 0 atom stereocenters. The van der Waals surface area contributed by atoms with Crippen LogP contribution >= 0.6 is 0 Å². The summed E-state index contributed by atoms with van der Waals surface area (Å²) in [6.07, 6.45) is 8.09. The van der Waals surface area contributed by atoms with Gasteiger partial charge in [0.1, 0.15) is 5.82 Å². The molecule has 0 fully saturated rings. The van der Waals surface area contributed by atoms with E-state index in [0.717, 1.165) is 29.8 Å². The highest BCUT2D eigenvalue weighted by Crippen LogP contribution is 2.19. The van der Waals surface area contributed by atoms with Crippen molar-refractivity contribution in [2.45, 2.75) is 45.7 Å². The van der Waals surface area contributed by atoms with Crippen molar-refractivity contribution in [3.63, 3.8) is 0 Å². The molecule has 0 aliphatic carbocycles. The molecule has 3 aromatic rings. The predicted molar refractivity (Wildman–Crippen MR) is 104 cm³/mol. The van der Waals surface area contributed by atoms with Gasteiger partial charge < -0.3 is 9.47 Å². The monoisotopic (exact) mass is 350 g/mol. The summed E-state index contributed by atoms with van der Waals surface area (Å²) in [7, 11) is 1.82. The van der Waals surface area contributed by atoms with Crippen LogP contribution in [0.3, 0.4) is 0 Å². The molecule has 0 bridgehead atoms. The van der Waals surface area contributed by atoms with Crippen LogP contribution < -0.4 is 0 Å². The lowest BCUT2D eigenvalue weighted by Crippen LogP contribution is -2.27. The molecule has 0 aliphatic rings. The molecule has 2 heterocycles. The van der Waals surface area contributed by atoms with Crippen molar-refractivity contribution in [1.29, 1.82) is 0 Å². The number of fused-ring (bicyclic) bond motifs is 1. The molecule has 0 saturated carbocycles. The number of aryl methyl sites for hydroxylation is 1. The van der Waals surface area contributed by atoms with Crippen LogP contribution in [-0.2, 0) is 13.1 Å². The van der Waals surface area contributed by atoms with Crippen LogP contribution in [0.5, 0.6) is 0 Å². The fourth-order valence-corrected chi connectivity index (χ4v) is 3.19. The second-order valence-electron chi connectivity index (χ2n) is 6.63. The largest absolute Gasteiger partial charge is 0.334 e. The predicted octanol–water partition coefficient (Wildman–Crippen LogP) is 4.28. The lowest BCUT2D eigenvalue weighted by molar-refractivity contribution is 0.0779. The van der Waals surface area contributed by atoms with E-state index in [0.29, 0.717) is 12.1 Å². The first-order chi connectivity index (χ1) is 12.7. The number of unbranched alkanes of at least 4 members (excludes halogenated alkanes) is 3. The van der Waals surface area contributed by atoms with Gasteiger partial charge in [-0.2, -0.15) is 0 Å². The first-order valence-corrected chi connectivity index (χ1v) is 9.30. The molecule has 1 aromatic carbocycles. The molecule has 0 aliphatic heterocycles. The Bertz CT molecular complexity index is 857. The minimum absolute atomic E-state index is 0.0392. The quantitative estimate of drug-likeness (QED) is 0.570. The van der Waals surface area contributed by atoms with E-state index in [4.69, 9.17) is 4.98 Å². The maximum atomic E-state index is 12.6. The van der Waals surface area contributed by atoms with Gasteiger partial charge in [0.15, 0.2) is 0 Å². The summed E-state index contributed by atoms with van der Waals surface area (Å²) in [5.41, 5.74) is 2.72. The summed E-state index contributed by atoms with van der Waals surface area (Å²) in [6, 6.07) is 11.8. The van der Waals surface area contributed by atoms with Crippen molar-refractivity contribution >= 4 is 16.9 Å². The van der Waals surface area contributed by atoms with Crippen LogP contribution in [0.4, 0.5) is 0 Å². The number of benzene rings is 1. The Morgan fingerprint density at radius 2 is 1.96 bits per heavy atom. The Labute approximate surface area is 154 Å². The van der Waals surface area contributed by atoms with Gasteiger partial charge >= 0.3 is 0 Å². The maximum Gasteiger partial charge on any atom is 0.255 e. The number of carbonyl (C=O) groups is 1. The molecular weight excluding hydrogens is 324 g/mol. The number of rotatable bonds is 8. The number of imidazole rings is 1. The summed E-state index contributed by atoms with van der Waals surface area (Å²) in [5.74, 6) is 0.894. The number of para-hydroxylation sites is 2. The summed E-state index contributed by atoms with van der Waals surface area (Å²) in [4.78, 5) is 23.2. The summed E-state index contributed by atoms with van der Waals surface area (Å²) in [5, 5.41) is 0. The van der Waals surface area contributed by atoms with Crippen LogP contribution in [0.2, 0.25) is 0 Å². The van der Waals surface area contributed by atoms with Crippen LogP contribution in [0.25, 0.3) is 11.0 Å². The van der Waals surface area contributed by atoms with E-state index in [1.807, 2.05) is 25.2 Å². The number of amides is 1. The van der Waals surface area contributed by atoms with E-state index in [1.165, 1.54) is 19.3 Å². The molecule has 0 spiro atoms. The van der Waals surface area contributed by atoms with Crippen molar-refractivity contribution in [2.75, 3.05) is 7.05 Å². The number of hydrogen-bond donors (Lipinski definition) is 0.